The highest BCUT2D eigenvalue weighted by Gasteiger charge is 2.38. The summed E-state index contributed by atoms with van der Waals surface area (Å²) in [4.78, 5) is 12.6. The van der Waals surface area contributed by atoms with Gasteiger partial charge in [-0.05, 0) is 73.9 Å². The van der Waals surface area contributed by atoms with Crippen LogP contribution in [0.15, 0.2) is 53.0 Å². The van der Waals surface area contributed by atoms with Crippen molar-refractivity contribution in [2.24, 2.45) is 11.8 Å². The first kappa shape index (κ1) is 22.6. The van der Waals surface area contributed by atoms with Gasteiger partial charge < -0.3 is 5.01 Å². The van der Waals surface area contributed by atoms with Gasteiger partial charge in [0.15, 0.2) is 0 Å². The molecule has 166 valence electrons. The minimum absolute atomic E-state index is 0.0871. The summed E-state index contributed by atoms with van der Waals surface area (Å²) in [5.41, 5.74) is 8.68. The molecule has 2 N–H and O–H groups in total. The lowest BCUT2D eigenvalue weighted by atomic mass is 10.0. The van der Waals surface area contributed by atoms with Crippen LogP contribution in [0.2, 0.25) is 5.02 Å². The molecule has 3 aliphatic rings. The fourth-order valence-corrected chi connectivity index (χ4v) is 5.38. The van der Waals surface area contributed by atoms with Crippen molar-refractivity contribution >= 4 is 39.1 Å². The SMILES string of the molecule is Brc1ccccc1.Cc1cc(Cl)ccc1N1CCC(C(=O)NN2CC3CCCC3C2)N1. The minimum atomic E-state index is -0.166. The summed E-state index contributed by atoms with van der Waals surface area (Å²) in [6.45, 7) is 4.90. The molecule has 3 unspecified atom stereocenters. The largest absolute Gasteiger partial charge is 0.307 e. The third-order valence-corrected chi connectivity index (χ3v) is 7.21. The fourth-order valence-electron chi connectivity index (χ4n) is 4.85. The number of carbonyl (C=O) groups excluding carboxylic acids is 1. The number of amides is 1. The highest BCUT2D eigenvalue weighted by Crippen LogP contribution is 2.37. The summed E-state index contributed by atoms with van der Waals surface area (Å²) in [5.74, 6) is 1.66. The number of nitrogens with zero attached hydrogens (tertiary/aromatic N) is 2. The van der Waals surface area contributed by atoms with E-state index in [1.54, 1.807) is 0 Å². The Balaban J connectivity index is 0.000000282. The summed E-state index contributed by atoms with van der Waals surface area (Å²) in [6.07, 6.45) is 4.82. The second-order valence-electron chi connectivity index (χ2n) is 8.68. The van der Waals surface area contributed by atoms with Gasteiger partial charge in [-0.2, -0.15) is 0 Å². The Labute approximate surface area is 198 Å². The topological polar surface area (TPSA) is 47.6 Å². The van der Waals surface area contributed by atoms with Gasteiger partial charge in [0.25, 0.3) is 5.91 Å². The number of benzene rings is 2. The zero-order valence-electron chi connectivity index (χ0n) is 17.9. The Kier molecular flexibility index (Phi) is 7.54. The van der Waals surface area contributed by atoms with Crippen molar-refractivity contribution in [3.63, 3.8) is 0 Å². The molecular weight excluding hydrogens is 476 g/mol. The molecule has 1 saturated carbocycles. The Bertz CT molecular complexity index is 884. The van der Waals surface area contributed by atoms with Crippen LogP contribution in [0, 0.1) is 18.8 Å². The van der Waals surface area contributed by atoms with Gasteiger partial charge in [-0.25, -0.2) is 10.4 Å². The van der Waals surface area contributed by atoms with Crippen LogP contribution in [0.5, 0.6) is 0 Å². The number of rotatable bonds is 3. The van der Waals surface area contributed by atoms with Crippen LogP contribution in [0.25, 0.3) is 0 Å². The maximum absolute atomic E-state index is 12.6. The van der Waals surface area contributed by atoms with Crippen molar-refractivity contribution in [2.45, 2.75) is 38.6 Å². The zero-order valence-corrected chi connectivity index (χ0v) is 20.2. The van der Waals surface area contributed by atoms with E-state index in [0.717, 1.165) is 58.6 Å². The van der Waals surface area contributed by atoms with Crippen molar-refractivity contribution in [3.05, 3.63) is 63.6 Å². The third-order valence-electron chi connectivity index (χ3n) is 6.45. The molecule has 3 atom stereocenters. The van der Waals surface area contributed by atoms with E-state index in [2.05, 4.69) is 36.8 Å². The number of nitrogens with one attached hydrogen (secondary N) is 2. The van der Waals surface area contributed by atoms with Crippen LogP contribution in [0.1, 0.15) is 31.2 Å². The molecule has 2 aromatic carbocycles. The molecule has 1 aliphatic carbocycles. The van der Waals surface area contributed by atoms with E-state index in [1.165, 1.54) is 19.3 Å². The summed E-state index contributed by atoms with van der Waals surface area (Å²) in [7, 11) is 0. The minimum Gasteiger partial charge on any atom is -0.307 e. The van der Waals surface area contributed by atoms with E-state index in [-0.39, 0.29) is 11.9 Å². The normalized spacial score (nSPS) is 25.1. The van der Waals surface area contributed by atoms with Crippen LogP contribution < -0.4 is 15.9 Å². The van der Waals surface area contributed by atoms with Crippen LogP contribution in [-0.4, -0.2) is 36.6 Å². The fraction of sp³-hybridized carbons (Fsp3) is 0.458. The molecule has 2 aliphatic heterocycles. The van der Waals surface area contributed by atoms with Gasteiger partial charge in [-0.15, -0.1) is 0 Å². The highest BCUT2D eigenvalue weighted by molar-refractivity contribution is 9.10. The van der Waals surface area contributed by atoms with E-state index in [9.17, 15) is 4.79 Å². The number of halogens is 2. The van der Waals surface area contributed by atoms with Crippen molar-refractivity contribution in [1.82, 2.24) is 15.9 Å². The highest BCUT2D eigenvalue weighted by atomic mass is 79.9. The Morgan fingerprint density at radius 2 is 1.81 bits per heavy atom. The molecule has 7 heteroatoms. The molecule has 5 nitrogen and oxygen atoms in total. The summed E-state index contributed by atoms with van der Waals surface area (Å²) < 4.78 is 1.13. The lowest BCUT2D eigenvalue weighted by Crippen LogP contribution is -2.50. The van der Waals surface area contributed by atoms with Gasteiger partial charge in [0.1, 0.15) is 6.04 Å². The lowest BCUT2D eigenvalue weighted by Gasteiger charge is -2.23. The van der Waals surface area contributed by atoms with Gasteiger partial charge in [-0.3, -0.25) is 10.2 Å². The Morgan fingerprint density at radius 1 is 1.10 bits per heavy atom. The molecule has 0 spiro atoms. The molecule has 1 amide bonds. The Morgan fingerprint density at radius 3 is 2.42 bits per heavy atom. The third kappa shape index (κ3) is 5.80. The standard InChI is InChI=1S/C18H25ClN4O.C6H5Br/c1-12-9-15(19)5-6-17(12)23-8-7-16(20-23)18(24)21-22-10-13-3-2-4-14(13)11-22;7-6-4-2-1-3-5-6/h5-6,9,13-14,16,20H,2-4,7-8,10-11H2,1H3,(H,21,24);1-5H. The van der Waals surface area contributed by atoms with E-state index in [1.807, 2.05) is 55.5 Å². The molecule has 2 heterocycles. The number of carbonyl (C=O) groups is 1. The number of aryl methyl sites for hydroxylation is 1. The van der Waals surface area contributed by atoms with Crippen molar-refractivity contribution in [1.29, 1.82) is 0 Å². The molecule has 0 radical (unpaired) electrons. The van der Waals surface area contributed by atoms with Gasteiger partial charge >= 0.3 is 0 Å². The van der Waals surface area contributed by atoms with Gasteiger partial charge in [-0.1, -0.05) is 52.2 Å². The summed E-state index contributed by atoms with van der Waals surface area (Å²) in [6, 6.07) is 15.7. The van der Waals surface area contributed by atoms with E-state index >= 15 is 0 Å². The maximum Gasteiger partial charge on any atom is 0.253 e. The van der Waals surface area contributed by atoms with E-state index in [4.69, 9.17) is 11.6 Å². The predicted octanol–water partition coefficient (Wildman–Crippen LogP) is 4.94. The molecule has 31 heavy (non-hydrogen) atoms. The van der Waals surface area contributed by atoms with Gasteiger partial charge in [0.05, 0.1) is 5.69 Å². The first-order chi connectivity index (χ1) is 15.0. The monoisotopic (exact) mass is 504 g/mol. The first-order valence-electron chi connectivity index (χ1n) is 11.1. The number of hydrazine groups is 2. The molecule has 0 bridgehead atoms. The molecule has 2 saturated heterocycles. The van der Waals surface area contributed by atoms with Crippen molar-refractivity contribution in [3.8, 4) is 0 Å². The van der Waals surface area contributed by atoms with Crippen molar-refractivity contribution in [2.75, 3.05) is 24.6 Å². The van der Waals surface area contributed by atoms with E-state index in [0.29, 0.717) is 0 Å². The molecule has 5 rings (SSSR count). The van der Waals surface area contributed by atoms with E-state index < -0.39 is 0 Å². The van der Waals surface area contributed by atoms with Gasteiger partial charge in [0.2, 0.25) is 0 Å². The lowest BCUT2D eigenvalue weighted by molar-refractivity contribution is -0.127. The quantitative estimate of drug-likeness (QED) is 0.620. The Hall–Kier alpha value is -1.60. The summed E-state index contributed by atoms with van der Waals surface area (Å²) >= 11 is 9.34. The second-order valence-corrected chi connectivity index (χ2v) is 10.0. The molecular formula is C24H30BrClN4O. The predicted molar refractivity (Wildman–Crippen MR) is 130 cm³/mol. The maximum atomic E-state index is 12.6. The van der Waals surface area contributed by atoms with Crippen LogP contribution in [0.4, 0.5) is 5.69 Å². The number of anilines is 1. The first-order valence-corrected chi connectivity index (χ1v) is 12.2. The molecule has 0 aromatic heterocycles. The number of hydrogen-bond donors (Lipinski definition) is 2. The van der Waals surface area contributed by atoms with Gasteiger partial charge in [0, 0.05) is 29.1 Å². The van der Waals surface area contributed by atoms with Crippen molar-refractivity contribution < 1.29 is 4.79 Å². The average molecular weight is 506 g/mol. The van der Waals surface area contributed by atoms with Crippen LogP contribution in [-0.2, 0) is 4.79 Å². The summed E-state index contributed by atoms with van der Waals surface area (Å²) in [5, 5.41) is 4.94. The molecule has 3 fully saturated rings. The number of fused-ring (bicyclic) bond motifs is 1. The second kappa shape index (κ2) is 10.3. The van der Waals surface area contributed by atoms with Crippen LogP contribution in [0.3, 0.4) is 0 Å². The molecule has 2 aromatic rings. The average Bonchev–Trinajstić information content (AvgIpc) is 3.45. The zero-order chi connectivity index (χ0) is 21.8. The van der Waals surface area contributed by atoms with Crippen LogP contribution >= 0.6 is 27.5 Å². The number of hydrogen-bond acceptors (Lipinski definition) is 4. The smallest absolute Gasteiger partial charge is 0.253 e.